The van der Waals surface area contributed by atoms with Crippen LogP contribution in [0.4, 0.5) is 0 Å². The van der Waals surface area contributed by atoms with Gasteiger partial charge in [-0.3, -0.25) is 9.97 Å². The van der Waals surface area contributed by atoms with Crippen LogP contribution in [0.25, 0.3) is 0 Å². The Balaban J connectivity index is 1.99. The highest BCUT2D eigenvalue weighted by Crippen LogP contribution is 2.21. The number of ether oxygens (including phenoxy) is 1. The summed E-state index contributed by atoms with van der Waals surface area (Å²) >= 11 is 0. The summed E-state index contributed by atoms with van der Waals surface area (Å²) in [6.07, 6.45) is 10.4. The molecule has 0 spiro atoms. The van der Waals surface area contributed by atoms with Crippen LogP contribution in [-0.2, 0) is 6.42 Å². The molecule has 0 aromatic carbocycles. The zero-order chi connectivity index (χ0) is 14.9. The predicted octanol–water partition coefficient (Wildman–Crippen LogP) is 3.16. The van der Waals surface area contributed by atoms with Crippen LogP contribution < -0.4 is 10.1 Å². The van der Waals surface area contributed by atoms with Crippen molar-refractivity contribution in [2.24, 2.45) is 0 Å². The molecule has 4 heteroatoms. The van der Waals surface area contributed by atoms with Gasteiger partial charge in [-0.1, -0.05) is 13.0 Å². The van der Waals surface area contributed by atoms with E-state index in [2.05, 4.69) is 34.3 Å². The first-order chi connectivity index (χ1) is 10.3. The van der Waals surface area contributed by atoms with Crippen molar-refractivity contribution in [3.63, 3.8) is 0 Å². The average Bonchev–Trinajstić information content (AvgIpc) is 2.55. The number of hydrogen-bond donors (Lipinski definition) is 1. The first-order valence-corrected chi connectivity index (χ1v) is 7.47. The molecule has 112 valence electrons. The Hall–Kier alpha value is -1.94. The molecule has 0 aliphatic rings. The second-order valence-electron chi connectivity index (χ2n) is 5.04. The summed E-state index contributed by atoms with van der Waals surface area (Å²) < 4.78 is 5.65. The number of rotatable bonds is 8. The van der Waals surface area contributed by atoms with Crippen LogP contribution in [0, 0.1) is 0 Å². The van der Waals surface area contributed by atoms with Crippen molar-refractivity contribution in [3.8, 4) is 5.75 Å². The molecule has 0 amide bonds. The summed E-state index contributed by atoms with van der Waals surface area (Å²) in [5.74, 6) is 0.843. The standard InChI is InChI=1S/C17H23N3O/c1-3-9-21-16-10-15(12-20-13-16)17(18-2)7-6-14-5-4-8-19-11-14/h4-5,8,10-13,17-18H,3,6-7,9H2,1-2H3. The van der Waals surface area contributed by atoms with Crippen molar-refractivity contribution in [1.29, 1.82) is 0 Å². The minimum absolute atomic E-state index is 0.267. The van der Waals surface area contributed by atoms with Gasteiger partial charge in [-0.2, -0.15) is 0 Å². The van der Waals surface area contributed by atoms with Gasteiger partial charge in [0.15, 0.2) is 0 Å². The van der Waals surface area contributed by atoms with Crippen LogP contribution in [0.3, 0.4) is 0 Å². The van der Waals surface area contributed by atoms with Crippen LogP contribution in [0.2, 0.25) is 0 Å². The molecule has 1 unspecified atom stereocenters. The SMILES string of the molecule is CCCOc1cncc(C(CCc2cccnc2)NC)c1. The molecule has 0 radical (unpaired) electrons. The maximum atomic E-state index is 5.65. The van der Waals surface area contributed by atoms with Gasteiger partial charge < -0.3 is 10.1 Å². The number of pyridine rings is 2. The molecule has 0 aliphatic carbocycles. The molecule has 0 saturated heterocycles. The lowest BCUT2D eigenvalue weighted by Gasteiger charge is -2.17. The summed E-state index contributed by atoms with van der Waals surface area (Å²) in [7, 11) is 1.98. The molecule has 1 N–H and O–H groups in total. The maximum absolute atomic E-state index is 5.65. The third kappa shape index (κ3) is 4.83. The fraction of sp³-hybridized carbons (Fsp3) is 0.412. The van der Waals surface area contributed by atoms with Crippen molar-refractivity contribution in [2.75, 3.05) is 13.7 Å². The Morgan fingerprint density at radius 2 is 2.14 bits per heavy atom. The lowest BCUT2D eigenvalue weighted by Crippen LogP contribution is -2.17. The molecule has 2 rings (SSSR count). The van der Waals surface area contributed by atoms with Gasteiger partial charge in [-0.15, -0.1) is 0 Å². The van der Waals surface area contributed by atoms with Gasteiger partial charge >= 0.3 is 0 Å². The topological polar surface area (TPSA) is 47.0 Å². The molecule has 2 heterocycles. The number of nitrogens with one attached hydrogen (secondary N) is 1. The lowest BCUT2D eigenvalue weighted by atomic mass is 10.0. The molecule has 0 aliphatic heterocycles. The summed E-state index contributed by atoms with van der Waals surface area (Å²) in [6, 6.07) is 6.43. The van der Waals surface area contributed by atoms with Crippen LogP contribution in [0.5, 0.6) is 5.75 Å². The Bertz CT molecular complexity index is 531. The highest BCUT2D eigenvalue weighted by atomic mass is 16.5. The van der Waals surface area contributed by atoms with E-state index in [0.717, 1.165) is 37.2 Å². The third-order valence-corrected chi connectivity index (χ3v) is 3.40. The van der Waals surface area contributed by atoms with Gasteiger partial charge in [-0.25, -0.2) is 0 Å². The molecular weight excluding hydrogens is 262 g/mol. The second-order valence-corrected chi connectivity index (χ2v) is 5.04. The number of aromatic nitrogens is 2. The van der Waals surface area contributed by atoms with Crippen LogP contribution in [0.15, 0.2) is 43.0 Å². The van der Waals surface area contributed by atoms with E-state index in [1.54, 1.807) is 12.4 Å². The van der Waals surface area contributed by atoms with Crippen molar-refractivity contribution in [2.45, 2.75) is 32.2 Å². The van der Waals surface area contributed by atoms with E-state index in [0.29, 0.717) is 0 Å². The lowest BCUT2D eigenvalue weighted by molar-refractivity contribution is 0.315. The minimum atomic E-state index is 0.267. The zero-order valence-corrected chi connectivity index (χ0v) is 12.7. The van der Waals surface area contributed by atoms with Gasteiger partial charge in [0, 0.05) is 24.6 Å². The van der Waals surface area contributed by atoms with Gasteiger partial charge in [-0.05, 0) is 49.6 Å². The molecule has 4 nitrogen and oxygen atoms in total. The van der Waals surface area contributed by atoms with Gasteiger partial charge in [0.1, 0.15) is 5.75 Å². The second kappa shape index (κ2) is 8.37. The fourth-order valence-corrected chi connectivity index (χ4v) is 2.26. The Morgan fingerprint density at radius 1 is 1.24 bits per heavy atom. The highest BCUT2D eigenvalue weighted by molar-refractivity contribution is 5.26. The quantitative estimate of drug-likeness (QED) is 0.809. The smallest absolute Gasteiger partial charge is 0.137 e. The van der Waals surface area contributed by atoms with Crippen molar-refractivity contribution in [3.05, 3.63) is 54.1 Å². The van der Waals surface area contributed by atoms with Gasteiger partial charge in [0.2, 0.25) is 0 Å². The first-order valence-electron chi connectivity index (χ1n) is 7.47. The first kappa shape index (κ1) is 15.4. The summed E-state index contributed by atoms with van der Waals surface area (Å²) in [4.78, 5) is 8.44. The number of nitrogens with zero attached hydrogens (tertiary/aromatic N) is 2. The normalized spacial score (nSPS) is 12.1. The minimum Gasteiger partial charge on any atom is -0.492 e. The van der Waals surface area contributed by atoms with Crippen molar-refractivity contribution >= 4 is 0 Å². The van der Waals surface area contributed by atoms with E-state index in [1.807, 2.05) is 25.5 Å². The van der Waals surface area contributed by atoms with Gasteiger partial charge in [0.05, 0.1) is 12.8 Å². The summed E-state index contributed by atoms with van der Waals surface area (Å²) in [6.45, 7) is 2.83. The third-order valence-electron chi connectivity index (χ3n) is 3.40. The number of hydrogen-bond acceptors (Lipinski definition) is 4. The predicted molar refractivity (Wildman–Crippen MR) is 84.4 cm³/mol. The monoisotopic (exact) mass is 285 g/mol. The molecule has 21 heavy (non-hydrogen) atoms. The molecule has 0 saturated carbocycles. The molecule has 2 aromatic heterocycles. The van der Waals surface area contributed by atoms with Gasteiger partial charge in [0.25, 0.3) is 0 Å². The highest BCUT2D eigenvalue weighted by Gasteiger charge is 2.11. The van der Waals surface area contributed by atoms with Crippen LogP contribution >= 0.6 is 0 Å². The molecule has 1 atom stereocenters. The fourth-order valence-electron chi connectivity index (χ4n) is 2.26. The van der Waals surface area contributed by atoms with Crippen molar-refractivity contribution < 1.29 is 4.74 Å². The van der Waals surface area contributed by atoms with E-state index in [9.17, 15) is 0 Å². The molecule has 2 aromatic rings. The summed E-state index contributed by atoms with van der Waals surface area (Å²) in [5, 5.41) is 3.36. The van der Waals surface area contributed by atoms with E-state index < -0.39 is 0 Å². The van der Waals surface area contributed by atoms with Crippen LogP contribution in [0.1, 0.15) is 36.9 Å². The molecule has 0 fully saturated rings. The Kier molecular flexibility index (Phi) is 6.16. The average molecular weight is 285 g/mol. The Labute approximate surface area is 126 Å². The van der Waals surface area contributed by atoms with E-state index in [4.69, 9.17) is 4.74 Å². The largest absolute Gasteiger partial charge is 0.492 e. The van der Waals surface area contributed by atoms with Crippen molar-refractivity contribution in [1.82, 2.24) is 15.3 Å². The summed E-state index contributed by atoms with van der Waals surface area (Å²) in [5.41, 5.74) is 2.42. The van der Waals surface area contributed by atoms with E-state index in [-0.39, 0.29) is 6.04 Å². The van der Waals surface area contributed by atoms with Crippen LogP contribution in [-0.4, -0.2) is 23.6 Å². The zero-order valence-electron chi connectivity index (χ0n) is 12.7. The molecular formula is C17H23N3O. The van der Waals surface area contributed by atoms with E-state index >= 15 is 0 Å². The number of aryl methyl sites for hydroxylation is 1. The Morgan fingerprint density at radius 3 is 2.86 bits per heavy atom. The van der Waals surface area contributed by atoms with E-state index in [1.165, 1.54) is 5.56 Å². The maximum Gasteiger partial charge on any atom is 0.137 e. The molecule has 0 bridgehead atoms.